The number of sulfone groups is 1. The third-order valence-corrected chi connectivity index (χ3v) is 5.97. The number of nitrogens with one attached hydrogen (secondary N) is 1. The predicted molar refractivity (Wildman–Crippen MR) is 81.1 cm³/mol. The second-order valence-electron chi connectivity index (χ2n) is 5.21. The van der Waals surface area contributed by atoms with Crippen LogP contribution < -0.4 is 0 Å². The van der Waals surface area contributed by atoms with E-state index in [1.54, 1.807) is 30.5 Å². The number of benzene rings is 1. The molecule has 1 heterocycles. The van der Waals surface area contributed by atoms with Crippen LogP contribution in [-0.4, -0.2) is 29.0 Å². The van der Waals surface area contributed by atoms with Crippen molar-refractivity contribution in [3.8, 4) is 0 Å². The lowest BCUT2D eigenvalue weighted by Crippen LogP contribution is -2.35. The van der Waals surface area contributed by atoms with Gasteiger partial charge in [0, 0.05) is 17.8 Å². The van der Waals surface area contributed by atoms with E-state index < -0.39 is 14.6 Å². The zero-order valence-electron chi connectivity index (χ0n) is 10.9. The van der Waals surface area contributed by atoms with E-state index in [0.717, 1.165) is 11.0 Å². The van der Waals surface area contributed by atoms with Crippen molar-refractivity contribution in [2.45, 2.75) is 25.1 Å². The molecule has 0 amide bonds. The molecule has 2 aromatic rings. The minimum atomic E-state index is -3.19. The number of rotatable bonds is 3. The molecule has 0 radical (unpaired) electrons. The summed E-state index contributed by atoms with van der Waals surface area (Å²) in [6, 6.07) is 5.38. The van der Waals surface area contributed by atoms with Gasteiger partial charge in [0.1, 0.15) is 0 Å². The average molecular weight is 319 g/mol. The van der Waals surface area contributed by atoms with Crippen LogP contribution in [0.2, 0.25) is 5.02 Å². The normalized spacial score (nSPS) is 13.1. The highest BCUT2D eigenvalue weighted by Crippen LogP contribution is 2.24. The van der Waals surface area contributed by atoms with Gasteiger partial charge in [-0.05, 0) is 44.3 Å². The predicted octanol–water partition coefficient (Wildman–Crippen LogP) is 3.18. The number of aromatic nitrogens is 2. The first-order chi connectivity index (χ1) is 8.62. The molecule has 0 aliphatic heterocycles. The van der Waals surface area contributed by atoms with Gasteiger partial charge in [0.25, 0.3) is 0 Å². The number of fused-ring (bicyclic) bond motifs is 1. The second-order valence-corrected chi connectivity index (χ2v) is 8.68. The zero-order chi connectivity index (χ0) is 14.4. The molecule has 0 spiro atoms. The molecule has 0 atom stereocenters. The van der Waals surface area contributed by atoms with Crippen molar-refractivity contribution in [1.82, 2.24) is 9.55 Å². The van der Waals surface area contributed by atoms with Crippen molar-refractivity contribution < 1.29 is 8.42 Å². The molecule has 0 bridgehead atoms. The number of hydrogen-bond donors (Lipinski definition) is 1. The Morgan fingerprint density at radius 1 is 1.42 bits per heavy atom. The molecule has 104 valence electrons. The van der Waals surface area contributed by atoms with Crippen molar-refractivity contribution in [2.75, 3.05) is 6.26 Å². The molecule has 1 aromatic heterocycles. The molecule has 19 heavy (non-hydrogen) atoms. The molecule has 1 N–H and O–H groups in total. The highest BCUT2D eigenvalue weighted by atomic mass is 35.5. The van der Waals surface area contributed by atoms with Gasteiger partial charge in [0.15, 0.2) is 14.6 Å². The van der Waals surface area contributed by atoms with E-state index in [0.29, 0.717) is 9.79 Å². The molecule has 0 unspecified atom stereocenters. The van der Waals surface area contributed by atoms with Gasteiger partial charge >= 0.3 is 0 Å². The molecule has 0 fully saturated rings. The van der Waals surface area contributed by atoms with Gasteiger partial charge in [0.05, 0.1) is 15.8 Å². The van der Waals surface area contributed by atoms with Gasteiger partial charge in [-0.1, -0.05) is 11.6 Å². The maximum Gasteiger partial charge on any atom is 0.178 e. The maximum atomic E-state index is 11.8. The van der Waals surface area contributed by atoms with Crippen molar-refractivity contribution in [2.24, 2.45) is 0 Å². The van der Waals surface area contributed by atoms with Gasteiger partial charge in [-0.3, -0.25) is 0 Å². The summed E-state index contributed by atoms with van der Waals surface area (Å²) in [6.45, 7) is 3.66. The van der Waals surface area contributed by atoms with Crippen LogP contribution in [0.25, 0.3) is 11.0 Å². The minimum absolute atomic E-state index is 0.283. The first kappa shape index (κ1) is 14.6. The Morgan fingerprint density at radius 2 is 2.05 bits per heavy atom. The van der Waals surface area contributed by atoms with E-state index in [1.165, 1.54) is 6.26 Å². The largest absolute Gasteiger partial charge is 0.331 e. The van der Waals surface area contributed by atoms with Crippen LogP contribution in [0.4, 0.5) is 0 Å². The number of hydrogen-bond acceptors (Lipinski definition) is 3. The molecular weight excluding hydrogens is 304 g/mol. The Hall–Kier alpha value is -0.850. The fourth-order valence-corrected chi connectivity index (χ4v) is 2.58. The fourth-order valence-electron chi connectivity index (χ4n) is 1.78. The molecular formula is C12H15ClN2O2S2. The van der Waals surface area contributed by atoms with Crippen LogP contribution >= 0.6 is 23.8 Å². The summed E-state index contributed by atoms with van der Waals surface area (Å²) in [5.41, 5.74) is 1.66. The zero-order valence-corrected chi connectivity index (χ0v) is 13.3. The van der Waals surface area contributed by atoms with Crippen LogP contribution in [0.15, 0.2) is 18.2 Å². The monoisotopic (exact) mass is 318 g/mol. The number of aromatic amines is 1. The molecule has 7 heteroatoms. The summed E-state index contributed by atoms with van der Waals surface area (Å²) in [6.07, 6.45) is 1.23. The Bertz CT molecular complexity index is 788. The van der Waals surface area contributed by atoms with E-state index in [-0.39, 0.29) is 6.54 Å². The molecule has 2 rings (SSSR count). The highest BCUT2D eigenvalue weighted by Gasteiger charge is 2.31. The molecule has 4 nitrogen and oxygen atoms in total. The minimum Gasteiger partial charge on any atom is -0.331 e. The fraction of sp³-hybridized carbons (Fsp3) is 0.417. The van der Waals surface area contributed by atoms with E-state index >= 15 is 0 Å². The van der Waals surface area contributed by atoms with Crippen molar-refractivity contribution in [3.05, 3.63) is 28.0 Å². The van der Waals surface area contributed by atoms with Crippen molar-refractivity contribution >= 4 is 44.7 Å². The van der Waals surface area contributed by atoms with Gasteiger partial charge in [-0.2, -0.15) is 0 Å². The topological polar surface area (TPSA) is 54.9 Å². The van der Waals surface area contributed by atoms with Crippen molar-refractivity contribution in [3.63, 3.8) is 0 Å². The third-order valence-electron chi connectivity index (χ3n) is 3.28. The summed E-state index contributed by atoms with van der Waals surface area (Å²) in [5.74, 6) is 0. The van der Waals surface area contributed by atoms with E-state index in [4.69, 9.17) is 23.8 Å². The summed E-state index contributed by atoms with van der Waals surface area (Å²) < 4.78 is 25.0. The number of imidazole rings is 1. The second kappa shape index (κ2) is 4.61. The highest BCUT2D eigenvalue weighted by molar-refractivity contribution is 7.92. The van der Waals surface area contributed by atoms with Gasteiger partial charge in [-0.25, -0.2) is 8.42 Å². The van der Waals surface area contributed by atoms with Crippen LogP contribution in [0.5, 0.6) is 0 Å². The smallest absolute Gasteiger partial charge is 0.178 e. The summed E-state index contributed by atoms with van der Waals surface area (Å²) >= 11 is 11.2. The van der Waals surface area contributed by atoms with Crippen LogP contribution in [0.1, 0.15) is 13.8 Å². The average Bonchev–Trinajstić information content (AvgIpc) is 2.54. The third kappa shape index (κ3) is 2.70. The summed E-state index contributed by atoms with van der Waals surface area (Å²) in [7, 11) is -3.19. The Kier molecular flexibility index (Phi) is 3.53. The lowest BCUT2D eigenvalue weighted by atomic mass is 10.2. The summed E-state index contributed by atoms with van der Waals surface area (Å²) in [5, 5.41) is 0.590. The van der Waals surface area contributed by atoms with E-state index in [2.05, 4.69) is 4.98 Å². The number of halogens is 1. The molecule has 1 aromatic carbocycles. The maximum absolute atomic E-state index is 11.8. The molecule has 0 saturated carbocycles. The van der Waals surface area contributed by atoms with E-state index in [1.807, 2.05) is 6.07 Å². The number of H-pyrrole nitrogens is 1. The van der Waals surface area contributed by atoms with Gasteiger partial charge in [0.2, 0.25) is 0 Å². The van der Waals surface area contributed by atoms with Crippen LogP contribution in [0.3, 0.4) is 0 Å². The quantitative estimate of drug-likeness (QED) is 0.884. The van der Waals surface area contributed by atoms with Gasteiger partial charge < -0.3 is 9.55 Å². The first-order valence-corrected chi connectivity index (χ1v) is 8.37. The number of nitrogens with zero attached hydrogens (tertiary/aromatic N) is 1. The molecule has 0 aliphatic rings. The lowest BCUT2D eigenvalue weighted by Gasteiger charge is -2.23. The Balaban J connectivity index is 2.61. The Morgan fingerprint density at radius 3 is 2.63 bits per heavy atom. The van der Waals surface area contributed by atoms with Gasteiger partial charge in [-0.15, -0.1) is 0 Å². The van der Waals surface area contributed by atoms with E-state index in [9.17, 15) is 8.42 Å². The SMILES string of the molecule is CC(C)(Cn1c(=S)[nH]c2ccc(Cl)cc21)S(C)(=O)=O. The summed E-state index contributed by atoms with van der Waals surface area (Å²) in [4.78, 5) is 3.05. The molecule has 0 aliphatic carbocycles. The standard InChI is InChI=1S/C12H15ClN2O2S2/c1-12(2,19(3,16)17)7-15-10-6-8(13)4-5-9(10)14-11(15)18/h4-6H,7H2,1-3H3,(H,14,18). The molecule has 0 saturated heterocycles. The van der Waals surface area contributed by atoms with Crippen molar-refractivity contribution in [1.29, 1.82) is 0 Å². The Labute approximate surface area is 122 Å². The van der Waals surface area contributed by atoms with Crippen LogP contribution in [-0.2, 0) is 16.4 Å². The first-order valence-electron chi connectivity index (χ1n) is 5.69. The lowest BCUT2D eigenvalue weighted by molar-refractivity contribution is 0.506. The van der Waals surface area contributed by atoms with Crippen LogP contribution in [0, 0.1) is 4.77 Å².